The van der Waals surface area contributed by atoms with Crippen LogP contribution in [0.2, 0.25) is 0 Å². The van der Waals surface area contributed by atoms with E-state index in [1.54, 1.807) is 0 Å². The van der Waals surface area contributed by atoms with Crippen LogP contribution in [0.5, 0.6) is 0 Å². The van der Waals surface area contributed by atoms with E-state index >= 15 is 0 Å². The quantitative estimate of drug-likeness (QED) is 0.818. The summed E-state index contributed by atoms with van der Waals surface area (Å²) in [5, 5.41) is 0. The maximum absolute atomic E-state index is 5.99. The van der Waals surface area contributed by atoms with Gasteiger partial charge in [-0.25, -0.2) is 0 Å². The molecule has 17 heavy (non-hydrogen) atoms. The van der Waals surface area contributed by atoms with Gasteiger partial charge in [-0.15, -0.1) is 0 Å². The topological polar surface area (TPSA) is 29.3 Å². The Morgan fingerprint density at radius 3 is 1.82 bits per heavy atom. The van der Waals surface area contributed by atoms with E-state index in [1.165, 1.54) is 57.8 Å². The van der Waals surface area contributed by atoms with Gasteiger partial charge in [-0.05, 0) is 64.3 Å². The highest BCUT2D eigenvalue weighted by Gasteiger charge is 2.29. The van der Waals surface area contributed by atoms with Crippen LogP contribution in [0, 0.1) is 5.92 Å². The van der Waals surface area contributed by atoms with E-state index in [0.29, 0.717) is 6.04 Å². The van der Waals surface area contributed by atoms with Gasteiger partial charge in [0.25, 0.3) is 0 Å². The summed E-state index contributed by atoms with van der Waals surface area (Å²) in [6.07, 6.45) is 12.3. The average Bonchev–Trinajstić information content (AvgIpc) is 2.39. The Hall–Kier alpha value is -0.0800. The van der Waals surface area contributed by atoms with Crippen LogP contribution in [0.1, 0.15) is 64.7 Å². The molecule has 0 saturated heterocycles. The van der Waals surface area contributed by atoms with Crippen molar-refractivity contribution in [3.05, 3.63) is 0 Å². The van der Waals surface area contributed by atoms with Crippen molar-refractivity contribution in [1.82, 2.24) is 4.90 Å². The van der Waals surface area contributed by atoms with Gasteiger partial charge in [-0.2, -0.15) is 0 Å². The molecule has 2 aliphatic carbocycles. The van der Waals surface area contributed by atoms with E-state index in [9.17, 15) is 0 Å². The maximum Gasteiger partial charge on any atom is 0.00962 e. The minimum absolute atomic E-state index is 0.482. The van der Waals surface area contributed by atoms with Gasteiger partial charge in [0.15, 0.2) is 0 Å². The zero-order valence-corrected chi connectivity index (χ0v) is 11.7. The summed E-state index contributed by atoms with van der Waals surface area (Å²) in [4.78, 5) is 2.69. The fourth-order valence-electron chi connectivity index (χ4n) is 3.77. The van der Waals surface area contributed by atoms with Gasteiger partial charge in [-0.1, -0.05) is 13.3 Å². The fraction of sp³-hybridized carbons (Fsp3) is 1.00. The number of nitrogens with zero attached hydrogens (tertiary/aromatic N) is 1. The van der Waals surface area contributed by atoms with Crippen molar-refractivity contribution in [1.29, 1.82) is 0 Å². The summed E-state index contributed by atoms with van der Waals surface area (Å²) in [6.45, 7) is 2.34. The van der Waals surface area contributed by atoms with Crippen molar-refractivity contribution in [2.75, 3.05) is 7.05 Å². The molecule has 0 heterocycles. The SMILES string of the molecule is CCC1CCC(N(C)C2CCC(N)CC2)CC1. The van der Waals surface area contributed by atoms with Crippen molar-refractivity contribution in [3.63, 3.8) is 0 Å². The molecule has 0 aromatic carbocycles. The highest BCUT2D eigenvalue weighted by Crippen LogP contribution is 2.32. The first-order valence-corrected chi connectivity index (χ1v) is 7.68. The lowest BCUT2D eigenvalue weighted by molar-refractivity contribution is 0.0937. The molecule has 2 rings (SSSR count). The van der Waals surface area contributed by atoms with Crippen molar-refractivity contribution < 1.29 is 0 Å². The highest BCUT2D eigenvalue weighted by atomic mass is 15.2. The van der Waals surface area contributed by atoms with Crippen molar-refractivity contribution >= 4 is 0 Å². The van der Waals surface area contributed by atoms with E-state index in [4.69, 9.17) is 5.73 Å². The predicted molar refractivity (Wildman–Crippen MR) is 74.0 cm³/mol. The Bertz CT molecular complexity index is 213. The summed E-state index contributed by atoms with van der Waals surface area (Å²) in [5.41, 5.74) is 5.99. The van der Waals surface area contributed by atoms with Gasteiger partial charge in [0.2, 0.25) is 0 Å². The third kappa shape index (κ3) is 3.45. The molecule has 0 spiro atoms. The van der Waals surface area contributed by atoms with E-state index in [2.05, 4.69) is 18.9 Å². The fourth-order valence-corrected chi connectivity index (χ4v) is 3.77. The van der Waals surface area contributed by atoms with E-state index in [0.717, 1.165) is 18.0 Å². The molecular formula is C15H30N2. The maximum atomic E-state index is 5.99. The molecule has 2 heteroatoms. The van der Waals surface area contributed by atoms with Gasteiger partial charge in [0.05, 0.1) is 0 Å². The van der Waals surface area contributed by atoms with E-state index in [-0.39, 0.29) is 0 Å². The zero-order chi connectivity index (χ0) is 12.3. The molecular weight excluding hydrogens is 208 g/mol. The molecule has 100 valence electrons. The number of rotatable bonds is 3. The third-order valence-corrected chi connectivity index (χ3v) is 5.29. The minimum Gasteiger partial charge on any atom is -0.328 e. The molecule has 2 fully saturated rings. The summed E-state index contributed by atoms with van der Waals surface area (Å²) in [5.74, 6) is 1.01. The molecule has 2 saturated carbocycles. The van der Waals surface area contributed by atoms with Gasteiger partial charge in [0.1, 0.15) is 0 Å². The lowest BCUT2D eigenvalue weighted by atomic mass is 9.82. The molecule has 0 amide bonds. The zero-order valence-electron chi connectivity index (χ0n) is 11.7. The largest absolute Gasteiger partial charge is 0.328 e. The average molecular weight is 238 g/mol. The van der Waals surface area contributed by atoms with Gasteiger partial charge in [-0.3, -0.25) is 0 Å². The first-order chi connectivity index (χ1) is 8.20. The molecule has 0 atom stereocenters. The molecule has 0 aliphatic heterocycles. The second kappa shape index (κ2) is 6.19. The minimum atomic E-state index is 0.482. The van der Waals surface area contributed by atoms with Crippen LogP contribution >= 0.6 is 0 Å². The van der Waals surface area contributed by atoms with Crippen LogP contribution < -0.4 is 5.73 Å². The van der Waals surface area contributed by atoms with Crippen LogP contribution in [0.15, 0.2) is 0 Å². The number of hydrogen-bond donors (Lipinski definition) is 1. The van der Waals surface area contributed by atoms with E-state index in [1.807, 2.05) is 0 Å². The second-order valence-corrected chi connectivity index (χ2v) is 6.32. The van der Waals surface area contributed by atoms with Crippen LogP contribution in [-0.2, 0) is 0 Å². The number of hydrogen-bond acceptors (Lipinski definition) is 2. The lowest BCUT2D eigenvalue weighted by Gasteiger charge is -2.41. The molecule has 2 N–H and O–H groups in total. The second-order valence-electron chi connectivity index (χ2n) is 6.32. The Kier molecular flexibility index (Phi) is 4.87. The van der Waals surface area contributed by atoms with Gasteiger partial charge < -0.3 is 10.6 Å². The first-order valence-electron chi connectivity index (χ1n) is 7.68. The lowest BCUT2D eigenvalue weighted by Crippen LogP contribution is -2.45. The van der Waals surface area contributed by atoms with Crippen LogP contribution in [0.4, 0.5) is 0 Å². The summed E-state index contributed by atoms with van der Waals surface area (Å²) < 4.78 is 0. The summed E-state index contributed by atoms with van der Waals surface area (Å²) in [6, 6.07) is 2.16. The normalized spacial score (nSPS) is 39.5. The molecule has 0 aromatic rings. The standard InChI is InChI=1S/C15H30N2/c1-3-12-4-8-14(9-5-12)17(2)15-10-6-13(16)7-11-15/h12-15H,3-11,16H2,1-2H3. The summed E-state index contributed by atoms with van der Waals surface area (Å²) in [7, 11) is 2.36. The molecule has 0 aromatic heterocycles. The van der Waals surface area contributed by atoms with Crippen LogP contribution in [0.3, 0.4) is 0 Å². The van der Waals surface area contributed by atoms with Crippen LogP contribution in [-0.4, -0.2) is 30.1 Å². The third-order valence-electron chi connectivity index (χ3n) is 5.29. The smallest absolute Gasteiger partial charge is 0.00962 e. The molecule has 0 radical (unpaired) electrons. The molecule has 2 nitrogen and oxygen atoms in total. The molecule has 2 aliphatic rings. The Labute approximate surface area is 107 Å². The van der Waals surface area contributed by atoms with Gasteiger partial charge in [0, 0.05) is 18.1 Å². The Morgan fingerprint density at radius 1 is 0.882 bits per heavy atom. The van der Waals surface area contributed by atoms with E-state index < -0.39 is 0 Å². The van der Waals surface area contributed by atoms with Gasteiger partial charge >= 0.3 is 0 Å². The summed E-state index contributed by atoms with van der Waals surface area (Å²) >= 11 is 0. The monoisotopic (exact) mass is 238 g/mol. The van der Waals surface area contributed by atoms with Crippen molar-refractivity contribution in [2.24, 2.45) is 11.7 Å². The van der Waals surface area contributed by atoms with Crippen molar-refractivity contribution in [2.45, 2.75) is 82.8 Å². The van der Waals surface area contributed by atoms with Crippen molar-refractivity contribution in [3.8, 4) is 0 Å². The molecule has 0 unspecified atom stereocenters. The Morgan fingerprint density at radius 2 is 1.35 bits per heavy atom. The predicted octanol–water partition coefficient (Wildman–Crippen LogP) is 3.16. The highest BCUT2D eigenvalue weighted by molar-refractivity contribution is 4.85. The molecule has 0 bridgehead atoms. The number of nitrogens with two attached hydrogens (primary N) is 1. The first kappa shape index (κ1) is 13.4. The Balaban J connectivity index is 1.78. The van der Waals surface area contributed by atoms with Crippen LogP contribution in [0.25, 0.3) is 0 Å².